The van der Waals surface area contributed by atoms with Crippen LogP contribution in [0.15, 0.2) is 71.2 Å². The quantitative estimate of drug-likeness (QED) is 0.342. The van der Waals surface area contributed by atoms with Gasteiger partial charge in [-0.1, -0.05) is 45.7 Å². The monoisotopic (exact) mass is 517 g/mol. The minimum absolute atomic E-state index is 0.0749. The normalized spacial score (nSPS) is 15.9. The van der Waals surface area contributed by atoms with Crippen LogP contribution in [0.25, 0.3) is 0 Å². The van der Waals surface area contributed by atoms with Gasteiger partial charge >= 0.3 is 0 Å². The molecule has 160 valence electrons. The topological polar surface area (TPSA) is 38.8 Å². The van der Waals surface area contributed by atoms with Crippen molar-refractivity contribution in [1.82, 2.24) is 0 Å². The van der Waals surface area contributed by atoms with Crippen LogP contribution in [0, 0.1) is 0 Å². The molecule has 1 aliphatic rings. The first-order chi connectivity index (χ1) is 15.0. The molecule has 1 heterocycles. The van der Waals surface area contributed by atoms with E-state index in [-0.39, 0.29) is 11.3 Å². The summed E-state index contributed by atoms with van der Waals surface area (Å²) in [5, 5.41) is 0.513. The summed E-state index contributed by atoms with van der Waals surface area (Å²) in [6, 6.07) is 21.3. The van der Waals surface area contributed by atoms with Crippen molar-refractivity contribution in [3.8, 4) is 11.5 Å². The molecule has 1 amide bonds. The Morgan fingerprint density at radius 3 is 2.48 bits per heavy atom. The molecule has 0 spiro atoms. The third kappa shape index (κ3) is 5.20. The Bertz CT molecular complexity index is 1060. The van der Waals surface area contributed by atoms with Gasteiger partial charge in [-0.25, -0.2) is 0 Å². The van der Waals surface area contributed by atoms with Crippen molar-refractivity contribution in [2.75, 3.05) is 17.3 Å². The summed E-state index contributed by atoms with van der Waals surface area (Å²) >= 11 is 11.1. The SMILES string of the molecule is CCOc1cc([C@H]2SCC(=O)N2c2ccc(Cl)cc2)ccc1OCc1ccc(Br)cc1. The first-order valence-electron chi connectivity index (χ1n) is 9.88. The maximum absolute atomic E-state index is 12.6. The third-order valence-corrected chi connectivity index (χ3v) is 6.83. The van der Waals surface area contributed by atoms with Gasteiger partial charge in [0.2, 0.25) is 5.91 Å². The number of carbonyl (C=O) groups excluding carboxylic acids is 1. The van der Waals surface area contributed by atoms with Crippen LogP contribution in [-0.4, -0.2) is 18.3 Å². The minimum atomic E-state index is -0.131. The Labute approximate surface area is 199 Å². The predicted molar refractivity (Wildman–Crippen MR) is 130 cm³/mol. The van der Waals surface area contributed by atoms with Crippen molar-refractivity contribution >= 4 is 50.9 Å². The Morgan fingerprint density at radius 2 is 1.77 bits per heavy atom. The number of anilines is 1. The minimum Gasteiger partial charge on any atom is -0.490 e. The van der Waals surface area contributed by atoms with Gasteiger partial charge in [-0.05, 0) is 66.6 Å². The smallest absolute Gasteiger partial charge is 0.238 e. The van der Waals surface area contributed by atoms with Crippen molar-refractivity contribution in [2.24, 2.45) is 0 Å². The highest BCUT2D eigenvalue weighted by Crippen LogP contribution is 2.44. The second kappa shape index (κ2) is 9.98. The van der Waals surface area contributed by atoms with E-state index in [0.29, 0.717) is 35.5 Å². The maximum Gasteiger partial charge on any atom is 0.238 e. The standard InChI is InChI=1S/C24H21BrClNO3S/c1-2-29-22-13-17(5-12-21(22)30-14-16-3-6-18(25)7-4-16)24-27(23(28)15-31-24)20-10-8-19(26)9-11-20/h3-13,24H,2,14-15H2,1H3/t24-/m1/s1. The number of nitrogens with zero attached hydrogens (tertiary/aromatic N) is 1. The molecule has 31 heavy (non-hydrogen) atoms. The fourth-order valence-corrected chi connectivity index (χ4v) is 4.92. The van der Waals surface area contributed by atoms with Gasteiger partial charge in [0.1, 0.15) is 12.0 Å². The lowest BCUT2D eigenvalue weighted by Gasteiger charge is -2.25. The van der Waals surface area contributed by atoms with Crippen LogP contribution >= 0.6 is 39.3 Å². The molecule has 1 fully saturated rings. The number of amides is 1. The number of hydrogen-bond donors (Lipinski definition) is 0. The number of rotatable bonds is 7. The van der Waals surface area contributed by atoms with Gasteiger partial charge in [0.05, 0.1) is 12.4 Å². The highest BCUT2D eigenvalue weighted by Gasteiger charge is 2.34. The van der Waals surface area contributed by atoms with Gasteiger partial charge in [-0.15, -0.1) is 11.8 Å². The van der Waals surface area contributed by atoms with Crippen LogP contribution in [0.1, 0.15) is 23.4 Å². The van der Waals surface area contributed by atoms with Crippen molar-refractivity contribution < 1.29 is 14.3 Å². The molecule has 1 atom stereocenters. The van der Waals surface area contributed by atoms with Crippen LogP contribution in [0.2, 0.25) is 5.02 Å². The average molecular weight is 519 g/mol. The average Bonchev–Trinajstić information content (AvgIpc) is 3.16. The summed E-state index contributed by atoms with van der Waals surface area (Å²) < 4.78 is 12.9. The molecule has 0 aromatic heterocycles. The number of benzene rings is 3. The van der Waals surface area contributed by atoms with E-state index in [1.54, 1.807) is 23.9 Å². The zero-order valence-electron chi connectivity index (χ0n) is 16.9. The summed E-state index contributed by atoms with van der Waals surface area (Å²) in [5.74, 6) is 1.86. The van der Waals surface area contributed by atoms with E-state index in [2.05, 4.69) is 15.9 Å². The number of carbonyl (C=O) groups is 1. The molecule has 3 aromatic carbocycles. The predicted octanol–water partition coefficient (Wildman–Crippen LogP) is 6.86. The summed E-state index contributed by atoms with van der Waals surface area (Å²) in [5.41, 5.74) is 2.89. The molecule has 3 aromatic rings. The first kappa shape index (κ1) is 22.1. The zero-order valence-corrected chi connectivity index (χ0v) is 20.0. The molecule has 4 nitrogen and oxygen atoms in total. The Hall–Kier alpha value is -2.15. The largest absolute Gasteiger partial charge is 0.490 e. The summed E-state index contributed by atoms with van der Waals surface area (Å²) in [4.78, 5) is 14.4. The lowest BCUT2D eigenvalue weighted by atomic mass is 10.1. The van der Waals surface area contributed by atoms with Crippen molar-refractivity contribution in [3.05, 3.63) is 87.4 Å². The lowest BCUT2D eigenvalue weighted by Crippen LogP contribution is -2.27. The van der Waals surface area contributed by atoms with Crippen LogP contribution in [-0.2, 0) is 11.4 Å². The van der Waals surface area contributed by atoms with E-state index in [1.165, 1.54) is 0 Å². The van der Waals surface area contributed by atoms with Gasteiger partial charge < -0.3 is 9.47 Å². The highest BCUT2D eigenvalue weighted by molar-refractivity contribution is 9.10. The van der Waals surface area contributed by atoms with E-state index >= 15 is 0 Å². The molecule has 0 bridgehead atoms. The van der Waals surface area contributed by atoms with E-state index in [4.69, 9.17) is 21.1 Å². The Kier molecular flexibility index (Phi) is 7.10. The number of ether oxygens (including phenoxy) is 2. The van der Waals surface area contributed by atoms with Crippen LogP contribution in [0.5, 0.6) is 11.5 Å². The van der Waals surface area contributed by atoms with Gasteiger partial charge in [0, 0.05) is 15.2 Å². The van der Waals surface area contributed by atoms with E-state index in [0.717, 1.165) is 21.3 Å². The summed E-state index contributed by atoms with van der Waals surface area (Å²) in [7, 11) is 0. The van der Waals surface area contributed by atoms with Crippen molar-refractivity contribution in [3.63, 3.8) is 0 Å². The second-order valence-electron chi connectivity index (χ2n) is 6.96. The van der Waals surface area contributed by atoms with Crippen molar-refractivity contribution in [1.29, 1.82) is 0 Å². The highest BCUT2D eigenvalue weighted by atomic mass is 79.9. The number of thioether (sulfide) groups is 1. The van der Waals surface area contributed by atoms with Crippen LogP contribution < -0.4 is 14.4 Å². The zero-order chi connectivity index (χ0) is 21.8. The molecule has 0 unspecified atom stereocenters. The lowest BCUT2D eigenvalue weighted by molar-refractivity contribution is -0.115. The fourth-order valence-electron chi connectivity index (χ4n) is 3.36. The van der Waals surface area contributed by atoms with Gasteiger partial charge in [-0.3, -0.25) is 9.69 Å². The van der Waals surface area contributed by atoms with Crippen LogP contribution in [0.4, 0.5) is 5.69 Å². The molecule has 0 radical (unpaired) electrons. The maximum atomic E-state index is 12.6. The molecule has 7 heteroatoms. The van der Waals surface area contributed by atoms with E-state index in [9.17, 15) is 4.79 Å². The third-order valence-electron chi connectivity index (χ3n) is 4.83. The number of halogens is 2. The molecular weight excluding hydrogens is 498 g/mol. The molecule has 0 aliphatic carbocycles. The first-order valence-corrected chi connectivity index (χ1v) is 12.1. The second-order valence-corrected chi connectivity index (χ2v) is 9.38. The Morgan fingerprint density at radius 1 is 1.03 bits per heavy atom. The summed E-state index contributed by atoms with van der Waals surface area (Å²) in [6.45, 7) is 2.91. The van der Waals surface area contributed by atoms with Gasteiger partial charge in [0.15, 0.2) is 11.5 Å². The molecular formula is C24H21BrClNO3S. The molecule has 0 saturated carbocycles. The molecule has 1 aliphatic heterocycles. The van der Waals surface area contributed by atoms with E-state index < -0.39 is 0 Å². The van der Waals surface area contributed by atoms with Crippen LogP contribution in [0.3, 0.4) is 0 Å². The fraction of sp³-hybridized carbons (Fsp3) is 0.208. The Balaban J connectivity index is 1.58. The number of hydrogen-bond acceptors (Lipinski definition) is 4. The van der Waals surface area contributed by atoms with E-state index in [1.807, 2.05) is 66.4 Å². The van der Waals surface area contributed by atoms with Gasteiger partial charge in [-0.2, -0.15) is 0 Å². The molecule has 0 N–H and O–H groups in total. The van der Waals surface area contributed by atoms with Gasteiger partial charge in [0.25, 0.3) is 0 Å². The van der Waals surface area contributed by atoms with Crippen molar-refractivity contribution in [2.45, 2.75) is 18.9 Å². The molecule has 1 saturated heterocycles. The molecule has 4 rings (SSSR count). The summed E-state index contributed by atoms with van der Waals surface area (Å²) in [6.07, 6.45) is 0.